The Morgan fingerprint density at radius 3 is 2.60 bits per heavy atom. The summed E-state index contributed by atoms with van der Waals surface area (Å²) in [5.41, 5.74) is -0.202. The number of fused-ring (bicyclic) bond motifs is 1. The van der Waals surface area contributed by atoms with Gasteiger partial charge in [0.1, 0.15) is 16.9 Å². The van der Waals surface area contributed by atoms with Crippen LogP contribution in [0.2, 0.25) is 0 Å². The number of pyridine rings is 2. The van der Waals surface area contributed by atoms with E-state index in [1.807, 2.05) is 26.8 Å². The smallest absolute Gasteiger partial charge is 0.407 e. The second-order valence-electron chi connectivity index (χ2n) is 8.51. The molecule has 2 aromatic heterocycles. The zero-order valence-electron chi connectivity index (χ0n) is 17.5. The van der Waals surface area contributed by atoms with E-state index in [1.54, 1.807) is 12.1 Å². The van der Waals surface area contributed by atoms with Crippen molar-refractivity contribution in [2.24, 2.45) is 5.92 Å². The maximum atomic E-state index is 12.6. The molecule has 1 amide bonds. The van der Waals surface area contributed by atoms with E-state index >= 15 is 0 Å². The summed E-state index contributed by atoms with van der Waals surface area (Å²) in [6, 6.07) is 5.56. The van der Waals surface area contributed by atoms with Crippen molar-refractivity contribution in [3.63, 3.8) is 0 Å². The van der Waals surface area contributed by atoms with Gasteiger partial charge in [-0.05, 0) is 70.6 Å². The van der Waals surface area contributed by atoms with Crippen LogP contribution in [0.1, 0.15) is 46.5 Å². The molecule has 1 saturated carbocycles. The summed E-state index contributed by atoms with van der Waals surface area (Å²) in [6.45, 7) is 3.15. The number of ether oxygens (including phenoxy) is 2. The minimum atomic E-state index is -2.95. The molecule has 2 N–H and O–H groups in total. The van der Waals surface area contributed by atoms with Crippen molar-refractivity contribution >= 4 is 22.8 Å². The number of carbonyl (C=O) groups is 1. The number of nitrogens with one attached hydrogen (secondary N) is 2. The van der Waals surface area contributed by atoms with E-state index in [9.17, 15) is 13.6 Å². The number of hydrogen-bond donors (Lipinski definition) is 2. The zero-order valence-corrected chi connectivity index (χ0v) is 17.5. The molecule has 1 aliphatic rings. The number of rotatable bonds is 6. The summed E-state index contributed by atoms with van der Waals surface area (Å²) < 4.78 is 35.0. The molecule has 3 rings (SSSR count). The summed E-state index contributed by atoms with van der Waals surface area (Å²) in [5, 5.41) is 6.90. The van der Waals surface area contributed by atoms with Gasteiger partial charge in [-0.3, -0.25) is 0 Å². The molecule has 0 atom stereocenters. The van der Waals surface area contributed by atoms with Crippen LogP contribution in [-0.4, -0.2) is 40.9 Å². The fourth-order valence-corrected chi connectivity index (χ4v) is 3.54. The molecule has 0 saturated heterocycles. The minimum Gasteiger partial charge on any atom is -0.444 e. The largest absolute Gasteiger partial charge is 0.444 e. The second kappa shape index (κ2) is 9.40. The van der Waals surface area contributed by atoms with Gasteiger partial charge in [-0.15, -0.1) is 0 Å². The van der Waals surface area contributed by atoms with Crippen LogP contribution in [0.5, 0.6) is 5.88 Å². The van der Waals surface area contributed by atoms with E-state index in [4.69, 9.17) is 4.74 Å². The van der Waals surface area contributed by atoms with E-state index in [2.05, 4.69) is 25.3 Å². The number of hydrogen-bond acceptors (Lipinski definition) is 6. The van der Waals surface area contributed by atoms with E-state index < -0.39 is 18.3 Å². The SMILES string of the molecule is CC(C)(C)OC(=O)NCC1CCC(Nc2ccc3ccnc(OC(F)F)c3n2)CC1. The Balaban J connectivity index is 1.52. The van der Waals surface area contributed by atoms with Gasteiger partial charge < -0.3 is 20.1 Å². The molecule has 1 fully saturated rings. The van der Waals surface area contributed by atoms with Crippen molar-refractivity contribution < 1.29 is 23.0 Å². The minimum absolute atomic E-state index is 0.178. The lowest BCUT2D eigenvalue weighted by Gasteiger charge is -2.30. The third kappa shape index (κ3) is 6.40. The highest BCUT2D eigenvalue weighted by atomic mass is 19.3. The highest BCUT2D eigenvalue weighted by Crippen LogP contribution is 2.28. The Morgan fingerprint density at radius 1 is 1.20 bits per heavy atom. The van der Waals surface area contributed by atoms with Gasteiger partial charge in [0.15, 0.2) is 0 Å². The standard InChI is InChI=1S/C21H28F2N4O3/c1-21(2,3)30-20(28)25-12-13-4-7-15(8-5-13)26-16-9-6-14-10-11-24-18(17(14)27-16)29-19(22)23/h6,9-11,13,15,19H,4-5,7-8,12H2,1-3H3,(H,25,28)(H,26,27). The first-order valence-electron chi connectivity index (χ1n) is 10.1. The van der Waals surface area contributed by atoms with Crippen LogP contribution < -0.4 is 15.4 Å². The molecule has 9 heteroatoms. The quantitative estimate of drug-likeness (QED) is 0.700. The van der Waals surface area contributed by atoms with Crippen LogP contribution in [-0.2, 0) is 4.74 Å². The molecule has 7 nitrogen and oxygen atoms in total. The number of alkyl carbamates (subject to hydrolysis) is 1. The molecule has 0 radical (unpaired) electrons. The predicted molar refractivity (Wildman–Crippen MR) is 110 cm³/mol. The van der Waals surface area contributed by atoms with Gasteiger partial charge in [0.25, 0.3) is 0 Å². The Hall–Kier alpha value is -2.71. The summed E-state index contributed by atoms with van der Waals surface area (Å²) in [7, 11) is 0. The Bertz CT molecular complexity index is 865. The van der Waals surface area contributed by atoms with Crippen LogP contribution in [0.3, 0.4) is 0 Å². The average molecular weight is 422 g/mol. The number of aromatic nitrogens is 2. The monoisotopic (exact) mass is 422 g/mol. The topological polar surface area (TPSA) is 85.4 Å². The Labute approximate surface area is 174 Å². The molecule has 0 aromatic carbocycles. The van der Waals surface area contributed by atoms with Crippen molar-refractivity contribution in [3.8, 4) is 5.88 Å². The van der Waals surface area contributed by atoms with Gasteiger partial charge >= 0.3 is 12.7 Å². The van der Waals surface area contributed by atoms with Gasteiger partial charge in [-0.2, -0.15) is 8.78 Å². The average Bonchev–Trinajstić information content (AvgIpc) is 2.66. The van der Waals surface area contributed by atoms with Crippen molar-refractivity contribution in [1.82, 2.24) is 15.3 Å². The molecule has 1 aliphatic carbocycles. The maximum absolute atomic E-state index is 12.6. The first-order chi connectivity index (χ1) is 14.2. The lowest BCUT2D eigenvalue weighted by Crippen LogP contribution is -2.37. The molecule has 30 heavy (non-hydrogen) atoms. The number of carbonyl (C=O) groups excluding carboxylic acids is 1. The molecule has 0 spiro atoms. The first kappa shape index (κ1) is 22.0. The molecule has 0 bridgehead atoms. The fraction of sp³-hybridized carbons (Fsp3) is 0.571. The van der Waals surface area contributed by atoms with Gasteiger partial charge in [0, 0.05) is 24.2 Å². The van der Waals surface area contributed by atoms with Gasteiger partial charge in [0.05, 0.1) is 0 Å². The number of nitrogens with zero attached hydrogens (tertiary/aromatic N) is 2. The van der Waals surface area contributed by atoms with Crippen molar-refractivity contribution in [2.75, 3.05) is 11.9 Å². The van der Waals surface area contributed by atoms with Crippen molar-refractivity contribution in [1.29, 1.82) is 0 Å². The summed E-state index contributed by atoms with van der Waals surface area (Å²) >= 11 is 0. The highest BCUT2D eigenvalue weighted by molar-refractivity contribution is 5.84. The number of halogens is 2. The third-order valence-corrected chi connectivity index (χ3v) is 4.91. The van der Waals surface area contributed by atoms with Gasteiger partial charge in [0.2, 0.25) is 5.88 Å². The molecular weight excluding hydrogens is 394 g/mol. The zero-order chi connectivity index (χ0) is 21.7. The van der Waals surface area contributed by atoms with E-state index in [0.29, 0.717) is 29.2 Å². The van der Waals surface area contributed by atoms with Gasteiger partial charge in [-0.25, -0.2) is 14.8 Å². The lowest BCUT2D eigenvalue weighted by atomic mass is 9.86. The van der Waals surface area contributed by atoms with Crippen LogP contribution in [0.25, 0.3) is 10.9 Å². The van der Waals surface area contributed by atoms with E-state index in [-0.39, 0.29) is 11.9 Å². The number of alkyl halides is 2. The lowest BCUT2D eigenvalue weighted by molar-refractivity contribution is -0.0518. The first-order valence-corrected chi connectivity index (χ1v) is 10.1. The van der Waals surface area contributed by atoms with Gasteiger partial charge in [-0.1, -0.05) is 0 Å². The highest BCUT2D eigenvalue weighted by Gasteiger charge is 2.23. The molecule has 2 heterocycles. The predicted octanol–water partition coefficient (Wildman–Crippen LogP) is 4.73. The van der Waals surface area contributed by atoms with E-state index in [1.165, 1.54) is 6.20 Å². The molecule has 164 valence electrons. The van der Waals surface area contributed by atoms with Crippen LogP contribution >= 0.6 is 0 Å². The van der Waals surface area contributed by atoms with E-state index in [0.717, 1.165) is 25.7 Å². The summed E-state index contributed by atoms with van der Waals surface area (Å²) in [6.07, 6.45) is 4.80. The summed E-state index contributed by atoms with van der Waals surface area (Å²) in [4.78, 5) is 20.1. The normalized spacial score (nSPS) is 19.5. The maximum Gasteiger partial charge on any atom is 0.407 e. The van der Waals surface area contributed by atoms with Crippen LogP contribution in [0.15, 0.2) is 24.4 Å². The second-order valence-corrected chi connectivity index (χ2v) is 8.51. The molecule has 0 aliphatic heterocycles. The van der Waals surface area contributed by atoms with Crippen LogP contribution in [0, 0.1) is 5.92 Å². The van der Waals surface area contributed by atoms with Crippen LogP contribution in [0.4, 0.5) is 19.4 Å². The van der Waals surface area contributed by atoms with Crippen molar-refractivity contribution in [3.05, 3.63) is 24.4 Å². The third-order valence-electron chi connectivity index (χ3n) is 4.91. The molecule has 0 unspecified atom stereocenters. The molecular formula is C21H28F2N4O3. The molecule has 2 aromatic rings. The van der Waals surface area contributed by atoms with Crippen molar-refractivity contribution in [2.45, 2.75) is 64.7 Å². The number of anilines is 1. The summed E-state index contributed by atoms with van der Waals surface area (Å²) in [5.74, 6) is 0.823. The fourth-order valence-electron chi connectivity index (χ4n) is 3.54. The number of amides is 1. The Kier molecular flexibility index (Phi) is 6.89. The Morgan fingerprint density at radius 2 is 1.93 bits per heavy atom.